The Balaban J connectivity index is 2.38. The van der Waals surface area contributed by atoms with Gasteiger partial charge in [0.25, 0.3) is 0 Å². The second-order valence-electron chi connectivity index (χ2n) is 6.30. The van der Waals surface area contributed by atoms with E-state index in [-0.39, 0.29) is 26.4 Å². The van der Waals surface area contributed by atoms with Gasteiger partial charge in [0.15, 0.2) is 0 Å². The zero-order valence-corrected chi connectivity index (χ0v) is 16.8. The second kappa shape index (κ2) is 12.2. The van der Waals surface area contributed by atoms with Gasteiger partial charge in [-0.1, -0.05) is 43.5 Å². The number of carbonyl (C=O) groups excluding carboxylic acids is 2. The number of hydrogen-bond donors (Lipinski definition) is 1. The predicted octanol–water partition coefficient (Wildman–Crippen LogP) is 3.27. The van der Waals surface area contributed by atoms with Crippen LogP contribution in [-0.4, -0.2) is 43.5 Å². The van der Waals surface area contributed by atoms with Crippen LogP contribution in [0.1, 0.15) is 11.1 Å². The number of carbonyl (C=O) groups is 2. The van der Waals surface area contributed by atoms with Gasteiger partial charge in [0.2, 0.25) is 0 Å². The summed E-state index contributed by atoms with van der Waals surface area (Å²) >= 11 is 0. The van der Waals surface area contributed by atoms with Gasteiger partial charge >= 0.3 is 11.9 Å². The Hall–Kier alpha value is -3.38. The Morgan fingerprint density at radius 3 is 1.83 bits per heavy atom. The van der Waals surface area contributed by atoms with E-state index in [0.29, 0.717) is 18.6 Å². The average Bonchev–Trinajstić information content (AvgIpc) is 2.78. The van der Waals surface area contributed by atoms with Crippen LogP contribution >= 0.6 is 0 Å². The normalized spacial score (nSPS) is 10.2. The van der Waals surface area contributed by atoms with Crippen molar-refractivity contribution in [2.24, 2.45) is 0 Å². The first-order chi connectivity index (χ1) is 14.6. The Kier molecular flexibility index (Phi) is 9.34. The molecular weight excluding hydrogens is 384 g/mol. The molecule has 0 fully saturated rings. The molecule has 0 saturated carbocycles. The maximum absolute atomic E-state index is 11.4. The monoisotopic (exact) mass is 410 g/mol. The van der Waals surface area contributed by atoms with E-state index in [9.17, 15) is 14.7 Å². The SMILES string of the molecule is C=CC(=O)OCCc1cc(-c2ccccc2)cc(CCOC(=O)C=C)c1OCCO. The van der Waals surface area contributed by atoms with Gasteiger partial charge in [0.05, 0.1) is 19.8 Å². The molecule has 0 bridgehead atoms. The Morgan fingerprint density at radius 2 is 1.37 bits per heavy atom. The Bertz CT molecular complexity index is 826. The highest BCUT2D eigenvalue weighted by Gasteiger charge is 2.15. The molecule has 0 amide bonds. The molecule has 30 heavy (non-hydrogen) atoms. The molecule has 0 saturated heterocycles. The van der Waals surface area contributed by atoms with Crippen LogP contribution in [0.25, 0.3) is 11.1 Å². The molecule has 0 spiro atoms. The van der Waals surface area contributed by atoms with E-state index < -0.39 is 11.9 Å². The molecule has 0 unspecified atom stereocenters. The standard InChI is InChI=1S/C24H26O6/c1-3-22(26)28-13-10-19-16-21(18-8-6-5-7-9-18)17-20(24(19)30-15-12-25)11-14-29-23(27)4-2/h3-9,16-17,25H,1-2,10-15H2. The summed E-state index contributed by atoms with van der Waals surface area (Å²) in [6.07, 6.45) is 3.06. The van der Waals surface area contributed by atoms with Gasteiger partial charge < -0.3 is 19.3 Å². The highest BCUT2D eigenvalue weighted by atomic mass is 16.5. The van der Waals surface area contributed by atoms with E-state index >= 15 is 0 Å². The van der Waals surface area contributed by atoms with Crippen LogP contribution in [0.5, 0.6) is 5.75 Å². The summed E-state index contributed by atoms with van der Waals surface area (Å²) in [7, 11) is 0. The summed E-state index contributed by atoms with van der Waals surface area (Å²) < 4.78 is 16.1. The van der Waals surface area contributed by atoms with Crippen LogP contribution in [0, 0.1) is 0 Å². The van der Waals surface area contributed by atoms with E-state index in [1.165, 1.54) is 0 Å². The lowest BCUT2D eigenvalue weighted by molar-refractivity contribution is -0.138. The van der Waals surface area contributed by atoms with Crippen LogP contribution < -0.4 is 4.74 Å². The largest absolute Gasteiger partial charge is 0.491 e. The third-order valence-corrected chi connectivity index (χ3v) is 4.25. The van der Waals surface area contributed by atoms with Crippen LogP contribution in [0.2, 0.25) is 0 Å². The van der Waals surface area contributed by atoms with Crippen LogP contribution in [0.3, 0.4) is 0 Å². The van der Waals surface area contributed by atoms with Crippen molar-refractivity contribution < 1.29 is 28.9 Å². The number of benzene rings is 2. The molecule has 0 radical (unpaired) electrons. The molecule has 6 heteroatoms. The minimum atomic E-state index is -0.497. The highest BCUT2D eigenvalue weighted by molar-refractivity contribution is 5.81. The Labute approximate surface area is 176 Å². The van der Waals surface area contributed by atoms with Crippen molar-refractivity contribution in [3.63, 3.8) is 0 Å². The van der Waals surface area contributed by atoms with E-state index in [0.717, 1.165) is 34.4 Å². The van der Waals surface area contributed by atoms with Gasteiger partial charge in [0, 0.05) is 25.0 Å². The molecule has 0 aromatic heterocycles. The first-order valence-electron chi connectivity index (χ1n) is 9.62. The lowest BCUT2D eigenvalue weighted by atomic mass is 9.96. The van der Waals surface area contributed by atoms with Crippen molar-refractivity contribution in [1.29, 1.82) is 0 Å². The van der Waals surface area contributed by atoms with Gasteiger partial charge in [-0.15, -0.1) is 0 Å². The van der Waals surface area contributed by atoms with Crippen LogP contribution in [-0.2, 0) is 31.9 Å². The molecule has 2 aromatic rings. The first kappa shape index (κ1) is 22.9. The zero-order valence-electron chi connectivity index (χ0n) is 16.8. The fourth-order valence-electron chi connectivity index (χ4n) is 2.90. The number of aliphatic hydroxyl groups excluding tert-OH is 1. The van der Waals surface area contributed by atoms with Crippen molar-refractivity contribution in [2.45, 2.75) is 12.8 Å². The van der Waals surface area contributed by atoms with E-state index in [1.807, 2.05) is 42.5 Å². The minimum absolute atomic E-state index is 0.115. The molecule has 2 aromatic carbocycles. The number of hydrogen-bond acceptors (Lipinski definition) is 6. The molecule has 2 rings (SSSR count). The van der Waals surface area contributed by atoms with Gasteiger partial charge in [-0.05, 0) is 34.4 Å². The summed E-state index contributed by atoms with van der Waals surface area (Å²) in [4.78, 5) is 22.8. The molecule has 0 aliphatic rings. The van der Waals surface area contributed by atoms with Gasteiger partial charge in [-0.2, -0.15) is 0 Å². The molecule has 0 atom stereocenters. The van der Waals surface area contributed by atoms with Crippen LogP contribution in [0.4, 0.5) is 0 Å². The highest BCUT2D eigenvalue weighted by Crippen LogP contribution is 2.32. The summed E-state index contributed by atoms with van der Waals surface area (Å²) in [5.74, 6) is -0.403. The maximum Gasteiger partial charge on any atom is 0.330 e. The summed E-state index contributed by atoms with van der Waals surface area (Å²) in [5, 5.41) is 9.22. The first-order valence-corrected chi connectivity index (χ1v) is 9.62. The molecule has 0 heterocycles. The van der Waals surface area contributed by atoms with Crippen molar-refractivity contribution in [2.75, 3.05) is 26.4 Å². The topological polar surface area (TPSA) is 82.1 Å². The fourth-order valence-corrected chi connectivity index (χ4v) is 2.90. The van der Waals surface area contributed by atoms with E-state index in [1.54, 1.807) is 0 Å². The third-order valence-electron chi connectivity index (χ3n) is 4.25. The van der Waals surface area contributed by atoms with E-state index in [2.05, 4.69) is 13.2 Å². The third kappa shape index (κ3) is 6.90. The van der Waals surface area contributed by atoms with Crippen LogP contribution in [0.15, 0.2) is 67.8 Å². The average molecular weight is 410 g/mol. The molecule has 1 N–H and O–H groups in total. The van der Waals surface area contributed by atoms with Crippen molar-refractivity contribution in [3.05, 3.63) is 78.9 Å². The molecule has 158 valence electrons. The van der Waals surface area contributed by atoms with E-state index in [4.69, 9.17) is 14.2 Å². The fraction of sp³-hybridized carbons (Fsp3) is 0.250. The second-order valence-corrected chi connectivity index (χ2v) is 6.30. The quantitative estimate of drug-likeness (QED) is 0.427. The van der Waals surface area contributed by atoms with Crippen molar-refractivity contribution >= 4 is 11.9 Å². The van der Waals surface area contributed by atoms with Crippen molar-refractivity contribution in [1.82, 2.24) is 0 Å². The van der Waals surface area contributed by atoms with Gasteiger partial charge in [-0.3, -0.25) is 0 Å². The minimum Gasteiger partial charge on any atom is -0.491 e. The van der Waals surface area contributed by atoms with Crippen molar-refractivity contribution in [3.8, 4) is 16.9 Å². The lowest BCUT2D eigenvalue weighted by Gasteiger charge is -2.18. The molecule has 0 aliphatic heterocycles. The molecule has 6 nitrogen and oxygen atoms in total. The smallest absolute Gasteiger partial charge is 0.330 e. The summed E-state index contributed by atoms with van der Waals surface area (Å²) in [6.45, 7) is 7.07. The molecule has 0 aliphatic carbocycles. The number of rotatable bonds is 12. The summed E-state index contributed by atoms with van der Waals surface area (Å²) in [5.41, 5.74) is 3.63. The Morgan fingerprint density at radius 1 is 0.833 bits per heavy atom. The molecular formula is C24H26O6. The van der Waals surface area contributed by atoms with Gasteiger partial charge in [-0.25, -0.2) is 9.59 Å². The summed E-state index contributed by atoms with van der Waals surface area (Å²) in [6, 6.07) is 13.8. The van der Waals surface area contributed by atoms with Gasteiger partial charge in [0.1, 0.15) is 12.4 Å². The number of esters is 2. The lowest BCUT2D eigenvalue weighted by Crippen LogP contribution is -2.11. The zero-order chi connectivity index (χ0) is 21.8. The number of ether oxygens (including phenoxy) is 3. The number of aliphatic hydroxyl groups is 1. The predicted molar refractivity (Wildman–Crippen MR) is 114 cm³/mol. The maximum atomic E-state index is 11.4.